The largest absolute Gasteiger partial charge is 0.378 e. The number of carbonyl (C=O) groups excluding carboxylic acids is 1. The Labute approximate surface area is 157 Å². The van der Waals surface area contributed by atoms with Crippen LogP contribution in [-0.2, 0) is 9.53 Å². The molecular weight excluding hydrogens is 348 g/mol. The van der Waals surface area contributed by atoms with Crippen LogP contribution in [0.25, 0.3) is 0 Å². The van der Waals surface area contributed by atoms with Gasteiger partial charge >= 0.3 is 0 Å². The lowest BCUT2D eigenvalue weighted by molar-refractivity contribution is -0.118. The van der Waals surface area contributed by atoms with Gasteiger partial charge in [-0.2, -0.15) is 0 Å². The van der Waals surface area contributed by atoms with Crippen molar-refractivity contribution in [1.29, 1.82) is 0 Å². The molecule has 2 fully saturated rings. The average Bonchev–Trinajstić information content (AvgIpc) is 2.96. The van der Waals surface area contributed by atoms with E-state index in [9.17, 15) is 4.79 Å². The second kappa shape index (κ2) is 6.63. The van der Waals surface area contributed by atoms with Gasteiger partial charge in [-0.3, -0.25) is 9.78 Å². The Morgan fingerprint density at radius 2 is 2.15 bits per heavy atom. The van der Waals surface area contributed by atoms with Gasteiger partial charge in [0.2, 0.25) is 5.91 Å². The van der Waals surface area contributed by atoms with Gasteiger partial charge in [-0.25, -0.2) is 4.98 Å². The molecule has 1 aliphatic heterocycles. The number of hydrogen-bond acceptors (Lipinski definition) is 6. The maximum Gasteiger partial charge on any atom is 0.228 e. The lowest BCUT2D eigenvalue weighted by Crippen LogP contribution is -2.37. The minimum Gasteiger partial charge on any atom is -0.378 e. The Hall–Kier alpha value is -1.99. The predicted molar refractivity (Wildman–Crippen MR) is 103 cm³/mol. The Kier molecular flexibility index (Phi) is 4.44. The highest BCUT2D eigenvalue weighted by atomic mass is 32.1. The molecule has 0 radical (unpaired) electrons. The first-order valence-electron chi connectivity index (χ1n) is 8.98. The van der Waals surface area contributed by atoms with E-state index in [1.165, 1.54) is 0 Å². The summed E-state index contributed by atoms with van der Waals surface area (Å²) < 4.78 is 5.43. The van der Waals surface area contributed by atoms with E-state index in [1.54, 1.807) is 17.5 Å². The fourth-order valence-electron chi connectivity index (χ4n) is 3.86. The molecule has 6 nitrogen and oxygen atoms in total. The first-order chi connectivity index (χ1) is 12.5. The number of thiazole rings is 1. The molecule has 4 rings (SSSR count). The van der Waals surface area contributed by atoms with Gasteiger partial charge in [-0.05, 0) is 18.4 Å². The zero-order valence-corrected chi connectivity index (χ0v) is 16.2. The van der Waals surface area contributed by atoms with Crippen LogP contribution in [0.5, 0.6) is 0 Å². The van der Waals surface area contributed by atoms with Crippen molar-refractivity contribution in [2.45, 2.75) is 26.7 Å². The number of pyridine rings is 1. The molecule has 3 heterocycles. The molecule has 1 saturated heterocycles. The number of amides is 1. The summed E-state index contributed by atoms with van der Waals surface area (Å²) >= 11 is 1.65. The Balaban J connectivity index is 1.52. The van der Waals surface area contributed by atoms with E-state index in [0.717, 1.165) is 35.2 Å². The van der Waals surface area contributed by atoms with Crippen molar-refractivity contribution >= 4 is 28.6 Å². The first-order valence-corrected chi connectivity index (χ1v) is 9.86. The van der Waals surface area contributed by atoms with E-state index >= 15 is 0 Å². The third kappa shape index (κ3) is 3.10. The van der Waals surface area contributed by atoms with Gasteiger partial charge in [0.15, 0.2) is 0 Å². The number of carbonyl (C=O) groups is 1. The van der Waals surface area contributed by atoms with Crippen molar-refractivity contribution in [3.05, 3.63) is 34.5 Å². The Morgan fingerprint density at radius 1 is 1.38 bits per heavy atom. The molecule has 2 aromatic heterocycles. The van der Waals surface area contributed by atoms with Crippen molar-refractivity contribution in [3.63, 3.8) is 0 Å². The van der Waals surface area contributed by atoms with Crippen LogP contribution in [0.1, 0.15) is 30.5 Å². The van der Waals surface area contributed by atoms with Gasteiger partial charge < -0.3 is 15.0 Å². The summed E-state index contributed by atoms with van der Waals surface area (Å²) in [6.07, 6.45) is 3.54. The number of ether oxygens (including phenoxy) is 1. The zero-order chi connectivity index (χ0) is 18.3. The monoisotopic (exact) mass is 372 g/mol. The Bertz CT molecular complexity index is 813. The second-order valence-corrected chi connectivity index (χ2v) is 8.48. The average molecular weight is 372 g/mol. The lowest BCUT2D eigenvalue weighted by Gasteiger charge is -2.30. The van der Waals surface area contributed by atoms with Crippen molar-refractivity contribution in [2.75, 3.05) is 36.5 Å². The van der Waals surface area contributed by atoms with Gasteiger partial charge in [0.05, 0.1) is 41.7 Å². The minimum absolute atomic E-state index is 0.0567. The normalized spacial score (nSPS) is 24.3. The maximum absolute atomic E-state index is 13.0. The van der Waals surface area contributed by atoms with E-state index in [1.807, 2.05) is 19.2 Å². The molecule has 138 valence electrons. The molecule has 1 aliphatic carbocycles. The van der Waals surface area contributed by atoms with Crippen LogP contribution in [-0.4, -0.2) is 42.2 Å². The topological polar surface area (TPSA) is 67.4 Å². The van der Waals surface area contributed by atoms with Crippen LogP contribution in [0.3, 0.4) is 0 Å². The van der Waals surface area contributed by atoms with Crippen LogP contribution in [0.4, 0.5) is 11.4 Å². The number of morpholine rings is 1. The smallest absolute Gasteiger partial charge is 0.228 e. The number of rotatable bonds is 4. The lowest BCUT2D eigenvalue weighted by atomic mass is 10.1. The molecule has 0 aromatic carbocycles. The highest BCUT2D eigenvalue weighted by Crippen LogP contribution is 2.65. The second-order valence-electron chi connectivity index (χ2n) is 7.59. The number of nitrogens with zero attached hydrogens (tertiary/aromatic N) is 3. The van der Waals surface area contributed by atoms with Crippen LogP contribution in [0, 0.1) is 18.3 Å². The van der Waals surface area contributed by atoms with Gasteiger partial charge in [-0.1, -0.05) is 13.8 Å². The van der Waals surface area contributed by atoms with Crippen LogP contribution < -0.4 is 10.2 Å². The predicted octanol–water partition coefficient (Wildman–Crippen LogP) is 3.06. The quantitative estimate of drug-likeness (QED) is 0.893. The van der Waals surface area contributed by atoms with Crippen LogP contribution >= 0.6 is 11.3 Å². The highest BCUT2D eigenvalue weighted by molar-refractivity contribution is 7.09. The molecule has 0 spiro atoms. The van der Waals surface area contributed by atoms with Crippen molar-refractivity contribution in [1.82, 2.24) is 9.97 Å². The van der Waals surface area contributed by atoms with Crippen molar-refractivity contribution < 1.29 is 9.53 Å². The standard InChI is InChI=1S/C19H24N4O2S/c1-12-11-26-18(21-12)16-15(19(16,2)3)17(24)22-13-4-5-20-10-14(13)23-6-8-25-9-7-23/h4-5,10-11,15-16H,6-9H2,1-3H3,(H,20,22,24)/t15-,16-/m0/s1. The van der Waals surface area contributed by atoms with Crippen LogP contribution in [0.15, 0.2) is 23.8 Å². The van der Waals surface area contributed by atoms with E-state index in [2.05, 4.69) is 39.4 Å². The molecule has 1 saturated carbocycles. The number of anilines is 2. The highest BCUT2D eigenvalue weighted by Gasteiger charge is 2.63. The van der Waals surface area contributed by atoms with E-state index in [0.29, 0.717) is 13.2 Å². The van der Waals surface area contributed by atoms with E-state index in [-0.39, 0.29) is 23.2 Å². The Morgan fingerprint density at radius 3 is 2.85 bits per heavy atom. The molecule has 2 atom stereocenters. The molecular formula is C19H24N4O2S. The molecule has 26 heavy (non-hydrogen) atoms. The van der Waals surface area contributed by atoms with Crippen molar-refractivity contribution in [2.24, 2.45) is 11.3 Å². The number of aryl methyl sites for hydroxylation is 1. The number of nitrogens with one attached hydrogen (secondary N) is 1. The summed E-state index contributed by atoms with van der Waals surface area (Å²) in [5.74, 6) is 0.196. The SMILES string of the molecule is Cc1csc([C@@H]2[C@@H](C(=O)Nc3ccncc3N3CCOCC3)C2(C)C)n1. The van der Waals surface area contributed by atoms with Gasteiger partial charge in [0.25, 0.3) is 0 Å². The molecule has 1 amide bonds. The first kappa shape index (κ1) is 17.4. The van der Waals surface area contributed by atoms with Crippen molar-refractivity contribution in [3.8, 4) is 0 Å². The van der Waals surface area contributed by atoms with Crippen LogP contribution in [0.2, 0.25) is 0 Å². The summed E-state index contributed by atoms with van der Waals surface area (Å²) in [5.41, 5.74) is 2.74. The third-order valence-electron chi connectivity index (χ3n) is 5.42. The van der Waals surface area contributed by atoms with Gasteiger partial charge in [0, 0.05) is 36.3 Å². The molecule has 2 aliphatic rings. The summed E-state index contributed by atoms with van der Waals surface area (Å²) in [4.78, 5) is 24.1. The fourth-order valence-corrected chi connectivity index (χ4v) is 4.99. The molecule has 7 heteroatoms. The van der Waals surface area contributed by atoms with E-state index in [4.69, 9.17) is 4.74 Å². The molecule has 0 bridgehead atoms. The number of hydrogen-bond donors (Lipinski definition) is 1. The molecule has 0 unspecified atom stereocenters. The summed E-state index contributed by atoms with van der Waals surface area (Å²) in [6.45, 7) is 9.31. The number of aromatic nitrogens is 2. The third-order valence-corrected chi connectivity index (χ3v) is 6.47. The summed E-state index contributed by atoms with van der Waals surface area (Å²) in [6, 6.07) is 1.88. The minimum atomic E-state index is -0.0689. The van der Waals surface area contributed by atoms with Gasteiger partial charge in [-0.15, -0.1) is 11.3 Å². The molecule has 1 N–H and O–H groups in total. The fraction of sp³-hybridized carbons (Fsp3) is 0.526. The van der Waals surface area contributed by atoms with E-state index < -0.39 is 0 Å². The van der Waals surface area contributed by atoms with Gasteiger partial charge in [0.1, 0.15) is 0 Å². The summed E-state index contributed by atoms with van der Waals surface area (Å²) in [5, 5.41) is 6.27. The molecule has 2 aromatic rings. The zero-order valence-electron chi connectivity index (χ0n) is 15.4. The maximum atomic E-state index is 13.0. The summed E-state index contributed by atoms with van der Waals surface area (Å²) in [7, 11) is 0.